The predicted octanol–water partition coefficient (Wildman–Crippen LogP) is 0.596. The molecule has 2 N–H and O–H groups in total. The summed E-state index contributed by atoms with van der Waals surface area (Å²) in [5.74, 6) is 0.745. The number of nitrogen functional groups attached to an aromatic ring is 1. The van der Waals surface area contributed by atoms with E-state index < -0.39 is 0 Å². The Kier molecular flexibility index (Phi) is 3.14. The first kappa shape index (κ1) is 11.0. The second-order valence-corrected chi connectivity index (χ2v) is 4.13. The summed E-state index contributed by atoms with van der Waals surface area (Å²) in [4.78, 5) is 18.6. The summed E-state index contributed by atoms with van der Waals surface area (Å²) in [7, 11) is 0. The zero-order valence-electron chi connectivity index (χ0n) is 8.77. The number of anilines is 2. The molecule has 0 unspecified atom stereocenters. The van der Waals surface area contributed by atoms with E-state index in [0.29, 0.717) is 23.8 Å². The van der Waals surface area contributed by atoms with Crippen LogP contribution in [0.5, 0.6) is 0 Å². The maximum atomic E-state index is 10.6. The molecule has 6 heteroatoms. The number of hydrogen-bond donors (Lipinski definition) is 1. The molecule has 0 atom stereocenters. The van der Waals surface area contributed by atoms with E-state index in [2.05, 4.69) is 9.88 Å². The Morgan fingerprint density at radius 1 is 1.38 bits per heavy atom. The van der Waals surface area contributed by atoms with Gasteiger partial charge >= 0.3 is 0 Å². The van der Waals surface area contributed by atoms with Gasteiger partial charge in [-0.25, -0.2) is 4.98 Å². The molecule has 0 saturated carbocycles. The Hall–Kier alpha value is -1.49. The van der Waals surface area contributed by atoms with Crippen molar-refractivity contribution in [3.8, 4) is 0 Å². The zero-order valence-corrected chi connectivity index (χ0v) is 9.52. The lowest BCUT2D eigenvalue weighted by Gasteiger charge is -2.33. The van der Waals surface area contributed by atoms with Gasteiger partial charge in [-0.15, -0.1) is 0 Å². The normalized spacial score (nSPS) is 16.3. The van der Waals surface area contributed by atoms with Crippen LogP contribution in [0.4, 0.5) is 11.5 Å². The fourth-order valence-corrected chi connectivity index (χ4v) is 1.92. The smallest absolute Gasteiger partial charge is 0.209 e. The van der Waals surface area contributed by atoms with Gasteiger partial charge in [0, 0.05) is 32.4 Å². The van der Waals surface area contributed by atoms with Crippen LogP contribution in [0.15, 0.2) is 12.3 Å². The molecule has 5 nitrogen and oxygen atoms in total. The first-order valence-electron chi connectivity index (χ1n) is 5.06. The van der Waals surface area contributed by atoms with Crippen LogP contribution < -0.4 is 10.6 Å². The maximum absolute atomic E-state index is 10.6. The fraction of sp³-hybridized carbons (Fsp3) is 0.400. The van der Waals surface area contributed by atoms with Crippen LogP contribution in [0.3, 0.4) is 0 Å². The minimum absolute atomic E-state index is 0.535. The molecule has 1 saturated heterocycles. The summed E-state index contributed by atoms with van der Waals surface area (Å²) in [6, 6.07) is 1.69. The van der Waals surface area contributed by atoms with Crippen LogP contribution in [0.25, 0.3) is 0 Å². The number of aromatic nitrogens is 1. The van der Waals surface area contributed by atoms with Crippen molar-refractivity contribution in [3.05, 3.63) is 17.3 Å². The topological polar surface area (TPSA) is 62.5 Å². The number of pyridine rings is 1. The van der Waals surface area contributed by atoms with E-state index in [1.165, 1.54) is 0 Å². The third-order valence-corrected chi connectivity index (χ3v) is 2.83. The van der Waals surface area contributed by atoms with Crippen LogP contribution in [0.2, 0.25) is 5.02 Å². The number of rotatable bonds is 2. The quantitative estimate of drug-likeness (QED) is 0.769. The van der Waals surface area contributed by atoms with Gasteiger partial charge in [-0.2, -0.15) is 0 Å². The molecule has 0 bridgehead atoms. The minimum Gasteiger partial charge on any atom is -0.396 e. The Morgan fingerprint density at radius 3 is 2.62 bits per heavy atom. The molecular formula is C10H13ClN4O. The lowest BCUT2D eigenvalue weighted by atomic mass is 10.3. The third kappa shape index (κ3) is 2.19. The van der Waals surface area contributed by atoms with Crippen LogP contribution in [-0.2, 0) is 4.79 Å². The summed E-state index contributed by atoms with van der Waals surface area (Å²) in [5, 5.41) is 0.535. The van der Waals surface area contributed by atoms with E-state index in [1.54, 1.807) is 17.2 Å². The van der Waals surface area contributed by atoms with Crippen molar-refractivity contribution in [2.45, 2.75) is 0 Å². The SMILES string of the molecule is Nc1cc(Cl)cnc1N1CCN(C=O)CC1. The van der Waals surface area contributed by atoms with E-state index >= 15 is 0 Å². The molecule has 1 amide bonds. The number of nitrogens with zero attached hydrogens (tertiary/aromatic N) is 3. The molecular weight excluding hydrogens is 228 g/mol. The average Bonchev–Trinajstić information content (AvgIpc) is 2.29. The van der Waals surface area contributed by atoms with Gasteiger partial charge in [0.15, 0.2) is 5.82 Å². The highest BCUT2D eigenvalue weighted by Crippen LogP contribution is 2.23. The van der Waals surface area contributed by atoms with Gasteiger partial charge in [-0.05, 0) is 6.07 Å². The van der Waals surface area contributed by atoms with Crippen molar-refractivity contribution in [1.82, 2.24) is 9.88 Å². The molecule has 1 aliphatic heterocycles. The Balaban J connectivity index is 2.11. The van der Waals surface area contributed by atoms with Crippen molar-refractivity contribution >= 4 is 29.5 Å². The molecule has 1 aliphatic rings. The summed E-state index contributed by atoms with van der Waals surface area (Å²) < 4.78 is 0. The van der Waals surface area contributed by atoms with Crippen molar-refractivity contribution < 1.29 is 4.79 Å². The lowest BCUT2D eigenvalue weighted by molar-refractivity contribution is -0.118. The molecule has 2 heterocycles. The van der Waals surface area contributed by atoms with Crippen molar-refractivity contribution in [2.24, 2.45) is 0 Å². The second-order valence-electron chi connectivity index (χ2n) is 3.69. The number of amides is 1. The van der Waals surface area contributed by atoms with Gasteiger partial charge < -0.3 is 15.5 Å². The molecule has 0 aliphatic carbocycles. The summed E-state index contributed by atoms with van der Waals surface area (Å²) in [6.07, 6.45) is 2.45. The second kappa shape index (κ2) is 4.57. The van der Waals surface area contributed by atoms with Crippen molar-refractivity contribution in [2.75, 3.05) is 36.8 Å². The molecule has 16 heavy (non-hydrogen) atoms. The molecule has 0 radical (unpaired) electrons. The fourth-order valence-electron chi connectivity index (χ4n) is 1.75. The standard InChI is InChI=1S/C10H13ClN4O/c11-8-5-9(12)10(13-6-8)15-3-1-14(7-16)2-4-15/h5-7H,1-4,12H2. The van der Waals surface area contributed by atoms with Gasteiger partial charge in [0.2, 0.25) is 6.41 Å². The van der Waals surface area contributed by atoms with Crippen LogP contribution in [0.1, 0.15) is 0 Å². The highest BCUT2D eigenvalue weighted by molar-refractivity contribution is 6.30. The van der Waals surface area contributed by atoms with E-state index in [9.17, 15) is 4.79 Å². The number of halogens is 1. The number of hydrogen-bond acceptors (Lipinski definition) is 4. The highest BCUT2D eigenvalue weighted by Gasteiger charge is 2.18. The molecule has 0 aromatic carbocycles. The minimum atomic E-state index is 0.535. The van der Waals surface area contributed by atoms with Gasteiger partial charge in [0.25, 0.3) is 0 Å². The summed E-state index contributed by atoms with van der Waals surface area (Å²) in [5.41, 5.74) is 6.42. The van der Waals surface area contributed by atoms with Gasteiger partial charge in [0.1, 0.15) is 0 Å². The molecule has 1 aromatic rings. The largest absolute Gasteiger partial charge is 0.396 e. The Morgan fingerprint density at radius 2 is 2.06 bits per heavy atom. The third-order valence-electron chi connectivity index (χ3n) is 2.62. The summed E-state index contributed by atoms with van der Waals surface area (Å²) >= 11 is 5.79. The van der Waals surface area contributed by atoms with Crippen LogP contribution in [0, 0.1) is 0 Å². The Labute approximate surface area is 98.8 Å². The van der Waals surface area contributed by atoms with E-state index in [1.807, 2.05) is 0 Å². The van der Waals surface area contributed by atoms with E-state index in [-0.39, 0.29) is 0 Å². The van der Waals surface area contributed by atoms with Crippen LogP contribution in [-0.4, -0.2) is 42.5 Å². The zero-order chi connectivity index (χ0) is 11.5. The Bertz CT molecular complexity index is 390. The van der Waals surface area contributed by atoms with Crippen LogP contribution >= 0.6 is 11.6 Å². The number of carbonyl (C=O) groups is 1. The molecule has 86 valence electrons. The number of carbonyl (C=O) groups excluding carboxylic acids is 1. The van der Waals surface area contributed by atoms with Crippen molar-refractivity contribution in [1.29, 1.82) is 0 Å². The predicted molar refractivity (Wildman–Crippen MR) is 63.5 cm³/mol. The van der Waals surface area contributed by atoms with Gasteiger partial charge in [-0.3, -0.25) is 4.79 Å². The molecule has 1 aromatic heterocycles. The van der Waals surface area contributed by atoms with Gasteiger partial charge in [-0.1, -0.05) is 11.6 Å². The molecule has 2 rings (SSSR count). The first-order valence-corrected chi connectivity index (χ1v) is 5.44. The number of nitrogens with two attached hydrogens (primary N) is 1. The van der Waals surface area contributed by atoms with E-state index in [0.717, 1.165) is 25.3 Å². The maximum Gasteiger partial charge on any atom is 0.209 e. The van der Waals surface area contributed by atoms with Crippen molar-refractivity contribution in [3.63, 3.8) is 0 Å². The lowest BCUT2D eigenvalue weighted by Crippen LogP contribution is -2.46. The van der Waals surface area contributed by atoms with Gasteiger partial charge in [0.05, 0.1) is 10.7 Å². The van der Waals surface area contributed by atoms with E-state index in [4.69, 9.17) is 17.3 Å². The summed E-state index contributed by atoms with van der Waals surface area (Å²) in [6.45, 7) is 2.90. The first-order chi connectivity index (χ1) is 7.70. The molecule has 1 fully saturated rings. The highest BCUT2D eigenvalue weighted by atomic mass is 35.5. The number of piperazine rings is 1. The average molecular weight is 241 g/mol. The molecule has 0 spiro atoms. The monoisotopic (exact) mass is 240 g/mol.